The van der Waals surface area contributed by atoms with Gasteiger partial charge in [-0.2, -0.15) is 0 Å². The van der Waals surface area contributed by atoms with Crippen LogP contribution in [0.3, 0.4) is 0 Å². The smallest absolute Gasteiger partial charge is 0.373 e. The minimum absolute atomic E-state index is 0.145. The van der Waals surface area contributed by atoms with Crippen molar-refractivity contribution in [3.63, 3.8) is 0 Å². The van der Waals surface area contributed by atoms with Gasteiger partial charge in [0.1, 0.15) is 0 Å². The third-order valence-corrected chi connectivity index (χ3v) is 3.10. The largest absolute Gasteiger partial charge is 0.475 e. The molecule has 1 aromatic heterocycles. The minimum Gasteiger partial charge on any atom is -0.475 e. The van der Waals surface area contributed by atoms with Crippen molar-refractivity contribution in [3.05, 3.63) is 39.7 Å². The van der Waals surface area contributed by atoms with Crippen LogP contribution in [0.2, 0.25) is 10.0 Å². The van der Waals surface area contributed by atoms with Crippen molar-refractivity contribution in [2.75, 3.05) is 0 Å². The maximum atomic E-state index is 11.1. The van der Waals surface area contributed by atoms with E-state index in [4.69, 9.17) is 32.7 Å². The normalized spacial score (nSPS) is 10.7. The first-order valence-corrected chi connectivity index (χ1v) is 6.47. The van der Waals surface area contributed by atoms with Crippen LogP contribution in [-0.4, -0.2) is 16.1 Å². The zero-order chi connectivity index (χ0) is 14.0. The molecule has 0 amide bonds. The second-order valence-electron chi connectivity index (χ2n) is 3.97. The highest BCUT2D eigenvalue weighted by Crippen LogP contribution is 2.31. The molecular formula is C13H11Cl2NO3. The van der Waals surface area contributed by atoms with E-state index in [0.29, 0.717) is 27.7 Å². The van der Waals surface area contributed by atoms with Crippen LogP contribution in [0.1, 0.15) is 29.6 Å². The van der Waals surface area contributed by atoms with Crippen molar-refractivity contribution in [1.29, 1.82) is 0 Å². The number of aromatic nitrogens is 1. The predicted molar refractivity (Wildman–Crippen MR) is 72.9 cm³/mol. The topological polar surface area (TPSA) is 63.3 Å². The molecule has 1 N–H and O–H groups in total. The van der Waals surface area contributed by atoms with E-state index in [0.717, 1.165) is 6.42 Å². The molecule has 0 aliphatic rings. The van der Waals surface area contributed by atoms with Crippen LogP contribution in [0.4, 0.5) is 0 Å². The van der Waals surface area contributed by atoms with Gasteiger partial charge in [0.25, 0.3) is 0 Å². The van der Waals surface area contributed by atoms with E-state index in [1.807, 2.05) is 6.92 Å². The summed E-state index contributed by atoms with van der Waals surface area (Å²) in [5.74, 6) is -1.11. The third kappa shape index (κ3) is 2.91. The lowest BCUT2D eigenvalue weighted by Crippen LogP contribution is -1.99. The number of hydrogen-bond donors (Lipinski definition) is 1. The number of rotatable bonds is 4. The average molecular weight is 300 g/mol. The Morgan fingerprint density at radius 3 is 2.79 bits per heavy atom. The molecule has 4 nitrogen and oxygen atoms in total. The molecule has 0 spiro atoms. The second kappa shape index (κ2) is 5.63. The van der Waals surface area contributed by atoms with Crippen molar-refractivity contribution >= 4 is 29.2 Å². The summed E-state index contributed by atoms with van der Waals surface area (Å²) in [6.07, 6.45) is 1.30. The van der Waals surface area contributed by atoms with Gasteiger partial charge in [-0.25, -0.2) is 9.78 Å². The van der Waals surface area contributed by atoms with Crippen molar-refractivity contribution in [1.82, 2.24) is 4.98 Å². The minimum atomic E-state index is -1.14. The van der Waals surface area contributed by atoms with Crippen molar-refractivity contribution < 1.29 is 14.3 Å². The Balaban J connectivity index is 2.53. The molecule has 0 saturated carbocycles. The number of aryl methyl sites for hydroxylation is 1. The van der Waals surface area contributed by atoms with E-state index >= 15 is 0 Å². The Morgan fingerprint density at radius 2 is 2.16 bits per heavy atom. The van der Waals surface area contributed by atoms with Gasteiger partial charge in [0, 0.05) is 5.02 Å². The SMILES string of the molecule is CCCc1nc(-c2cc(Cl)ccc2Cl)oc1C(=O)O. The van der Waals surface area contributed by atoms with Crippen molar-refractivity contribution in [2.24, 2.45) is 0 Å². The fraction of sp³-hybridized carbons (Fsp3) is 0.231. The number of aromatic carboxylic acids is 1. The van der Waals surface area contributed by atoms with Gasteiger partial charge in [-0.15, -0.1) is 0 Å². The molecule has 0 radical (unpaired) electrons. The molecule has 0 aliphatic carbocycles. The average Bonchev–Trinajstić information content (AvgIpc) is 2.77. The van der Waals surface area contributed by atoms with E-state index in [-0.39, 0.29) is 11.7 Å². The monoisotopic (exact) mass is 299 g/mol. The van der Waals surface area contributed by atoms with Crippen LogP contribution in [0.15, 0.2) is 22.6 Å². The highest BCUT2D eigenvalue weighted by molar-refractivity contribution is 6.35. The van der Waals surface area contributed by atoms with Crippen LogP contribution < -0.4 is 0 Å². The molecule has 2 rings (SSSR count). The third-order valence-electron chi connectivity index (χ3n) is 2.54. The quantitative estimate of drug-likeness (QED) is 0.914. The molecule has 0 atom stereocenters. The molecular weight excluding hydrogens is 289 g/mol. The van der Waals surface area contributed by atoms with Crippen molar-refractivity contribution in [2.45, 2.75) is 19.8 Å². The van der Waals surface area contributed by atoms with Crippen LogP contribution >= 0.6 is 23.2 Å². The van der Waals surface area contributed by atoms with Gasteiger partial charge in [-0.3, -0.25) is 0 Å². The number of nitrogens with zero attached hydrogens (tertiary/aromatic N) is 1. The fourth-order valence-electron chi connectivity index (χ4n) is 1.70. The number of carbonyl (C=O) groups is 1. The van der Waals surface area contributed by atoms with Gasteiger partial charge in [0.2, 0.25) is 11.7 Å². The van der Waals surface area contributed by atoms with Crippen LogP contribution in [0.25, 0.3) is 11.5 Å². The first-order chi connectivity index (χ1) is 9.02. The van der Waals surface area contributed by atoms with Gasteiger partial charge < -0.3 is 9.52 Å². The van der Waals surface area contributed by atoms with Gasteiger partial charge in [0.15, 0.2) is 0 Å². The van der Waals surface area contributed by atoms with E-state index in [1.165, 1.54) is 0 Å². The Bertz CT molecular complexity index is 622. The summed E-state index contributed by atoms with van der Waals surface area (Å²) in [6, 6.07) is 4.85. The molecule has 1 aromatic carbocycles. The van der Waals surface area contributed by atoms with E-state index < -0.39 is 5.97 Å². The molecule has 100 valence electrons. The highest BCUT2D eigenvalue weighted by atomic mass is 35.5. The van der Waals surface area contributed by atoms with E-state index in [9.17, 15) is 4.79 Å². The number of halogens is 2. The van der Waals surface area contributed by atoms with Gasteiger partial charge >= 0.3 is 5.97 Å². The van der Waals surface area contributed by atoms with Gasteiger partial charge in [0.05, 0.1) is 16.3 Å². The van der Waals surface area contributed by atoms with Crippen molar-refractivity contribution in [3.8, 4) is 11.5 Å². The Morgan fingerprint density at radius 1 is 1.42 bits per heavy atom. The molecule has 19 heavy (non-hydrogen) atoms. The number of hydrogen-bond acceptors (Lipinski definition) is 3. The number of oxazole rings is 1. The molecule has 0 bridgehead atoms. The zero-order valence-electron chi connectivity index (χ0n) is 10.1. The fourth-order valence-corrected chi connectivity index (χ4v) is 2.07. The maximum absolute atomic E-state index is 11.1. The Kier molecular flexibility index (Phi) is 4.12. The molecule has 1 heterocycles. The summed E-state index contributed by atoms with van der Waals surface area (Å²) >= 11 is 11.9. The number of carboxylic acids is 1. The van der Waals surface area contributed by atoms with E-state index in [1.54, 1.807) is 18.2 Å². The molecule has 2 aromatic rings. The lowest BCUT2D eigenvalue weighted by molar-refractivity contribution is 0.0661. The molecule has 0 aliphatic heterocycles. The van der Waals surface area contributed by atoms with Crippen LogP contribution in [-0.2, 0) is 6.42 Å². The molecule has 6 heteroatoms. The molecule has 0 unspecified atom stereocenters. The summed E-state index contributed by atoms with van der Waals surface area (Å²) in [5.41, 5.74) is 0.903. The van der Waals surface area contributed by atoms with Gasteiger partial charge in [-0.1, -0.05) is 36.5 Å². The first-order valence-electron chi connectivity index (χ1n) is 5.71. The second-order valence-corrected chi connectivity index (χ2v) is 4.82. The van der Waals surface area contributed by atoms with E-state index in [2.05, 4.69) is 4.98 Å². The predicted octanol–water partition coefficient (Wildman–Crippen LogP) is 4.30. The number of benzene rings is 1. The highest BCUT2D eigenvalue weighted by Gasteiger charge is 2.21. The summed E-state index contributed by atoms with van der Waals surface area (Å²) in [6.45, 7) is 1.94. The maximum Gasteiger partial charge on any atom is 0.373 e. The van der Waals surface area contributed by atoms with Gasteiger partial charge in [-0.05, 0) is 24.6 Å². The summed E-state index contributed by atoms with van der Waals surface area (Å²) in [4.78, 5) is 15.3. The Labute approximate surface area is 120 Å². The summed E-state index contributed by atoms with van der Waals surface area (Å²) in [5, 5.41) is 9.97. The molecule has 0 saturated heterocycles. The molecule has 0 fully saturated rings. The summed E-state index contributed by atoms with van der Waals surface area (Å²) in [7, 11) is 0. The number of carboxylic acid groups (broad SMARTS) is 1. The summed E-state index contributed by atoms with van der Waals surface area (Å²) < 4.78 is 5.30. The lowest BCUT2D eigenvalue weighted by atomic mass is 10.2. The Hall–Kier alpha value is -1.52. The lowest BCUT2D eigenvalue weighted by Gasteiger charge is -1.99. The zero-order valence-corrected chi connectivity index (χ0v) is 11.6. The van der Waals surface area contributed by atoms with Crippen LogP contribution in [0.5, 0.6) is 0 Å². The van der Waals surface area contributed by atoms with Crippen LogP contribution in [0, 0.1) is 0 Å². The first kappa shape index (κ1) is 13.9. The standard InChI is InChI=1S/C13H11Cl2NO3/c1-2-3-10-11(13(17)18)19-12(16-10)8-6-7(14)4-5-9(8)15/h4-6H,2-3H2,1H3,(H,17,18).